The fourth-order valence-electron chi connectivity index (χ4n) is 1.52. The van der Waals surface area contributed by atoms with Gasteiger partial charge in [0.15, 0.2) is 0 Å². The van der Waals surface area contributed by atoms with Gasteiger partial charge in [-0.3, -0.25) is 4.79 Å². The monoisotopic (exact) mass is 263 g/mol. The normalized spacial score (nSPS) is 12.0. The molecule has 0 fully saturated rings. The molecule has 1 aromatic rings. The number of benzene rings is 1. The number of nitrogens with one attached hydrogen (secondary N) is 2. The van der Waals surface area contributed by atoms with E-state index in [0.717, 1.165) is 0 Å². The molecule has 0 aliphatic carbocycles. The smallest absolute Gasteiger partial charge is 0.319 e. The van der Waals surface area contributed by atoms with Gasteiger partial charge in [0.25, 0.3) is 0 Å². The number of anilines is 1. The van der Waals surface area contributed by atoms with Crippen LogP contribution in [0.4, 0.5) is 10.5 Å². The van der Waals surface area contributed by atoms with Crippen LogP contribution in [0.2, 0.25) is 0 Å². The van der Waals surface area contributed by atoms with Crippen molar-refractivity contribution < 1.29 is 9.59 Å². The van der Waals surface area contributed by atoms with Crippen molar-refractivity contribution in [1.29, 1.82) is 0 Å². The Morgan fingerprint density at radius 1 is 1.21 bits per heavy atom. The molecule has 3 amide bonds. The summed E-state index contributed by atoms with van der Waals surface area (Å²) >= 11 is 0. The maximum Gasteiger partial charge on any atom is 0.319 e. The van der Waals surface area contributed by atoms with Crippen molar-refractivity contribution in [2.24, 2.45) is 11.7 Å². The second-order valence-electron chi connectivity index (χ2n) is 4.93. The number of amides is 3. The highest BCUT2D eigenvalue weighted by Crippen LogP contribution is 2.15. The average Bonchev–Trinajstić information content (AvgIpc) is 2.30. The molecular weight excluding hydrogens is 242 g/mol. The summed E-state index contributed by atoms with van der Waals surface area (Å²) in [5.74, 6) is -0.0724. The molecule has 5 nitrogen and oxygen atoms in total. The highest BCUT2D eigenvalue weighted by atomic mass is 16.2. The fourth-order valence-corrected chi connectivity index (χ4v) is 1.52. The topological polar surface area (TPSA) is 84.2 Å². The van der Waals surface area contributed by atoms with Gasteiger partial charge in [-0.2, -0.15) is 0 Å². The van der Waals surface area contributed by atoms with E-state index in [-0.39, 0.29) is 18.5 Å². The van der Waals surface area contributed by atoms with Gasteiger partial charge < -0.3 is 16.4 Å². The van der Waals surface area contributed by atoms with Gasteiger partial charge >= 0.3 is 6.03 Å². The van der Waals surface area contributed by atoms with Crippen molar-refractivity contribution >= 4 is 17.6 Å². The molecule has 0 aliphatic heterocycles. The standard InChI is InChI=1S/C14H21N3O2/c1-9(2)10(3)16-14(19)17-12-7-5-4-6-11(12)8-13(15)18/h4-7,9-10H,8H2,1-3H3,(H2,15,18)(H2,16,17,19)/t10-/m0/s1. The third kappa shape index (κ3) is 4.99. The van der Waals surface area contributed by atoms with E-state index in [1.165, 1.54) is 0 Å². The van der Waals surface area contributed by atoms with E-state index >= 15 is 0 Å². The van der Waals surface area contributed by atoms with Gasteiger partial charge in [0.05, 0.1) is 6.42 Å². The van der Waals surface area contributed by atoms with Gasteiger partial charge in [-0.1, -0.05) is 32.0 Å². The Hall–Kier alpha value is -2.04. The quantitative estimate of drug-likeness (QED) is 0.757. The molecule has 0 radical (unpaired) electrons. The summed E-state index contributed by atoms with van der Waals surface area (Å²) in [6.45, 7) is 6.01. The van der Waals surface area contributed by atoms with Crippen LogP contribution in [0.1, 0.15) is 26.3 Å². The Morgan fingerprint density at radius 2 is 1.84 bits per heavy atom. The van der Waals surface area contributed by atoms with Crippen LogP contribution in [-0.4, -0.2) is 18.0 Å². The lowest BCUT2D eigenvalue weighted by Gasteiger charge is -2.18. The SMILES string of the molecule is CC(C)[C@H](C)NC(=O)Nc1ccccc1CC(N)=O. The highest BCUT2D eigenvalue weighted by Gasteiger charge is 2.12. The van der Waals surface area contributed by atoms with E-state index in [2.05, 4.69) is 10.6 Å². The predicted molar refractivity (Wildman–Crippen MR) is 75.8 cm³/mol. The zero-order valence-electron chi connectivity index (χ0n) is 11.6. The van der Waals surface area contributed by atoms with Gasteiger partial charge in [0.1, 0.15) is 0 Å². The van der Waals surface area contributed by atoms with E-state index in [1.54, 1.807) is 24.3 Å². The molecule has 0 heterocycles. The van der Waals surface area contributed by atoms with E-state index in [4.69, 9.17) is 5.73 Å². The maximum absolute atomic E-state index is 11.8. The molecule has 0 unspecified atom stereocenters. The van der Waals surface area contributed by atoms with Crippen molar-refractivity contribution in [3.8, 4) is 0 Å². The molecule has 0 spiro atoms. The number of hydrogen-bond donors (Lipinski definition) is 3. The van der Waals surface area contributed by atoms with Gasteiger partial charge in [-0.25, -0.2) is 4.79 Å². The van der Waals surface area contributed by atoms with Crippen molar-refractivity contribution in [3.05, 3.63) is 29.8 Å². The molecule has 1 rings (SSSR count). The molecule has 4 N–H and O–H groups in total. The zero-order chi connectivity index (χ0) is 14.4. The van der Waals surface area contributed by atoms with Crippen molar-refractivity contribution in [2.45, 2.75) is 33.2 Å². The van der Waals surface area contributed by atoms with Gasteiger partial charge in [-0.05, 0) is 24.5 Å². The van der Waals surface area contributed by atoms with Crippen LogP contribution in [-0.2, 0) is 11.2 Å². The predicted octanol–water partition coefficient (Wildman–Crippen LogP) is 1.88. The number of carbonyl (C=O) groups is 2. The molecule has 0 aliphatic rings. The minimum absolute atomic E-state index is 0.0725. The maximum atomic E-state index is 11.8. The molecule has 0 aromatic heterocycles. The van der Waals surface area contributed by atoms with Crippen LogP contribution in [0.3, 0.4) is 0 Å². The van der Waals surface area contributed by atoms with E-state index in [1.807, 2.05) is 20.8 Å². The minimum Gasteiger partial charge on any atom is -0.369 e. The number of rotatable bonds is 5. The summed E-state index contributed by atoms with van der Waals surface area (Å²) in [5, 5.41) is 5.59. The van der Waals surface area contributed by atoms with Gasteiger partial charge in [-0.15, -0.1) is 0 Å². The number of para-hydroxylation sites is 1. The van der Waals surface area contributed by atoms with Crippen molar-refractivity contribution in [3.63, 3.8) is 0 Å². The summed E-state index contributed by atoms with van der Waals surface area (Å²) in [7, 11) is 0. The second kappa shape index (κ2) is 6.78. The van der Waals surface area contributed by atoms with Crippen LogP contribution in [0.5, 0.6) is 0 Å². The Kier molecular flexibility index (Phi) is 5.36. The number of primary amides is 1. The molecular formula is C14H21N3O2. The van der Waals surface area contributed by atoms with Crippen LogP contribution in [0.25, 0.3) is 0 Å². The van der Waals surface area contributed by atoms with E-state index in [0.29, 0.717) is 17.2 Å². The number of hydrogen-bond acceptors (Lipinski definition) is 2. The van der Waals surface area contributed by atoms with E-state index < -0.39 is 5.91 Å². The largest absolute Gasteiger partial charge is 0.369 e. The first-order valence-electron chi connectivity index (χ1n) is 6.34. The van der Waals surface area contributed by atoms with Crippen LogP contribution >= 0.6 is 0 Å². The highest BCUT2D eigenvalue weighted by molar-refractivity contribution is 5.91. The van der Waals surface area contributed by atoms with Crippen LogP contribution in [0, 0.1) is 5.92 Å². The third-order valence-electron chi connectivity index (χ3n) is 2.99. The lowest BCUT2D eigenvalue weighted by Crippen LogP contribution is -2.39. The minimum atomic E-state index is -0.426. The van der Waals surface area contributed by atoms with Crippen molar-refractivity contribution in [1.82, 2.24) is 5.32 Å². The fraction of sp³-hybridized carbons (Fsp3) is 0.429. The molecule has 1 atom stereocenters. The van der Waals surface area contributed by atoms with Crippen LogP contribution in [0.15, 0.2) is 24.3 Å². The molecule has 5 heteroatoms. The molecule has 0 saturated heterocycles. The summed E-state index contributed by atoms with van der Waals surface area (Å²) in [6, 6.07) is 6.91. The lowest BCUT2D eigenvalue weighted by atomic mass is 10.1. The average molecular weight is 263 g/mol. The number of nitrogens with two attached hydrogens (primary N) is 1. The third-order valence-corrected chi connectivity index (χ3v) is 2.99. The molecule has 0 saturated carbocycles. The Balaban J connectivity index is 2.71. The zero-order valence-corrected chi connectivity index (χ0v) is 11.6. The summed E-state index contributed by atoms with van der Waals surface area (Å²) < 4.78 is 0. The molecule has 0 bridgehead atoms. The Labute approximate surface area is 113 Å². The molecule has 19 heavy (non-hydrogen) atoms. The molecule has 104 valence electrons. The second-order valence-corrected chi connectivity index (χ2v) is 4.93. The first-order chi connectivity index (χ1) is 8.90. The summed E-state index contributed by atoms with van der Waals surface area (Å²) in [4.78, 5) is 22.8. The number of urea groups is 1. The van der Waals surface area contributed by atoms with Crippen LogP contribution < -0.4 is 16.4 Å². The number of carbonyl (C=O) groups excluding carboxylic acids is 2. The Morgan fingerprint density at radius 3 is 2.42 bits per heavy atom. The van der Waals surface area contributed by atoms with E-state index in [9.17, 15) is 9.59 Å². The first kappa shape index (κ1) is 15.0. The first-order valence-corrected chi connectivity index (χ1v) is 6.34. The summed E-state index contributed by atoms with van der Waals surface area (Å²) in [6.07, 6.45) is 0.107. The Bertz CT molecular complexity index is 458. The van der Waals surface area contributed by atoms with Crippen molar-refractivity contribution in [2.75, 3.05) is 5.32 Å². The lowest BCUT2D eigenvalue weighted by molar-refractivity contribution is -0.117. The molecule has 1 aromatic carbocycles. The van der Waals surface area contributed by atoms with Gasteiger partial charge in [0.2, 0.25) is 5.91 Å². The van der Waals surface area contributed by atoms with Gasteiger partial charge in [0, 0.05) is 11.7 Å². The summed E-state index contributed by atoms with van der Waals surface area (Å²) in [5.41, 5.74) is 6.49.